The summed E-state index contributed by atoms with van der Waals surface area (Å²) in [6, 6.07) is 2.38. The lowest BCUT2D eigenvalue weighted by atomic mass is 9.93. The molecule has 3 heteroatoms. The number of rotatable bonds is 2. The molecule has 2 rings (SSSR count). The molecule has 0 aliphatic heterocycles. The first-order chi connectivity index (χ1) is 6.25. The van der Waals surface area contributed by atoms with Crippen molar-refractivity contribution in [2.75, 3.05) is 0 Å². The van der Waals surface area contributed by atoms with E-state index in [0.29, 0.717) is 6.04 Å². The first kappa shape index (κ1) is 8.75. The van der Waals surface area contributed by atoms with Crippen molar-refractivity contribution in [1.82, 2.24) is 5.32 Å². The lowest BCUT2D eigenvalue weighted by Crippen LogP contribution is -2.39. The second-order valence-corrected chi connectivity index (χ2v) is 4.66. The van der Waals surface area contributed by atoms with Gasteiger partial charge in [0.15, 0.2) is 0 Å². The van der Waals surface area contributed by atoms with E-state index in [0.717, 1.165) is 18.4 Å². The molecule has 1 fully saturated rings. The molecule has 0 unspecified atom stereocenters. The molecule has 1 saturated carbocycles. The Hall–Kier alpha value is -0.830. The minimum absolute atomic E-state index is 0. The number of carbonyl (C=O) groups is 1. The van der Waals surface area contributed by atoms with E-state index in [1.165, 1.54) is 11.3 Å². The summed E-state index contributed by atoms with van der Waals surface area (Å²) >= 11 is 1.62. The zero-order valence-electron chi connectivity index (χ0n) is 7.67. The Bertz CT molecular complexity index is 320. The minimum Gasteiger partial charge on any atom is -0.349 e. The highest BCUT2D eigenvalue weighted by Crippen LogP contribution is 2.19. The van der Waals surface area contributed by atoms with Gasteiger partial charge in [0.1, 0.15) is 0 Å². The SMILES string of the molecule is Cc1cc(C(=O)NC2CCC2)cs1.[HH]. The van der Waals surface area contributed by atoms with E-state index < -0.39 is 0 Å². The lowest BCUT2D eigenvalue weighted by molar-refractivity contribution is 0.0917. The number of aryl methyl sites for hydroxylation is 1. The molecule has 1 heterocycles. The van der Waals surface area contributed by atoms with Crippen LogP contribution in [0.25, 0.3) is 0 Å². The van der Waals surface area contributed by atoms with Gasteiger partial charge in [0.05, 0.1) is 5.56 Å². The van der Waals surface area contributed by atoms with Gasteiger partial charge in [-0.15, -0.1) is 11.3 Å². The van der Waals surface area contributed by atoms with Gasteiger partial charge in [-0.2, -0.15) is 0 Å². The third-order valence-electron chi connectivity index (χ3n) is 2.43. The minimum atomic E-state index is 0. The van der Waals surface area contributed by atoms with Crippen molar-refractivity contribution >= 4 is 17.2 Å². The summed E-state index contributed by atoms with van der Waals surface area (Å²) in [5.74, 6) is 0.0917. The van der Waals surface area contributed by atoms with Crippen LogP contribution in [-0.4, -0.2) is 11.9 Å². The zero-order chi connectivity index (χ0) is 9.26. The Morgan fingerprint density at radius 3 is 2.92 bits per heavy atom. The van der Waals surface area contributed by atoms with Crippen LogP contribution in [0.15, 0.2) is 11.4 Å². The summed E-state index contributed by atoms with van der Waals surface area (Å²) in [7, 11) is 0. The predicted molar refractivity (Wildman–Crippen MR) is 56.3 cm³/mol. The maximum atomic E-state index is 11.6. The average molecular weight is 197 g/mol. The van der Waals surface area contributed by atoms with Gasteiger partial charge in [-0.1, -0.05) is 0 Å². The number of hydrogen-bond acceptors (Lipinski definition) is 2. The molecule has 1 N–H and O–H groups in total. The molecule has 0 radical (unpaired) electrons. The molecule has 0 saturated heterocycles. The van der Waals surface area contributed by atoms with E-state index in [-0.39, 0.29) is 7.33 Å². The maximum Gasteiger partial charge on any atom is 0.252 e. The van der Waals surface area contributed by atoms with E-state index in [4.69, 9.17) is 0 Å². The standard InChI is InChI=1S/C10H13NOS.H2/c1-7-5-8(6-13-7)10(12)11-9-3-2-4-9;/h5-6,9H,2-4H2,1H3,(H,11,12);1H. The van der Waals surface area contributed by atoms with Gasteiger partial charge in [0, 0.05) is 17.7 Å². The molecule has 72 valence electrons. The largest absolute Gasteiger partial charge is 0.349 e. The van der Waals surface area contributed by atoms with Crippen LogP contribution in [0.4, 0.5) is 0 Å². The van der Waals surface area contributed by atoms with Crippen molar-refractivity contribution in [1.29, 1.82) is 0 Å². The number of thiophene rings is 1. The fourth-order valence-electron chi connectivity index (χ4n) is 1.38. The summed E-state index contributed by atoms with van der Waals surface area (Å²) in [4.78, 5) is 12.8. The van der Waals surface area contributed by atoms with Gasteiger partial charge >= 0.3 is 0 Å². The van der Waals surface area contributed by atoms with E-state index >= 15 is 0 Å². The number of amides is 1. The Morgan fingerprint density at radius 2 is 2.46 bits per heavy atom. The first-order valence-corrected chi connectivity index (χ1v) is 5.49. The van der Waals surface area contributed by atoms with Crippen molar-refractivity contribution in [3.63, 3.8) is 0 Å². The van der Waals surface area contributed by atoms with Crippen LogP contribution in [0.1, 0.15) is 35.9 Å². The van der Waals surface area contributed by atoms with Crippen molar-refractivity contribution < 1.29 is 6.22 Å². The van der Waals surface area contributed by atoms with Gasteiger partial charge in [-0.05, 0) is 32.3 Å². The Balaban J connectivity index is 0.000000980. The maximum absolute atomic E-state index is 11.6. The highest BCUT2D eigenvalue weighted by molar-refractivity contribution is 7.10. The molecular formula is C10H15NOS. The highest BCUT2D eigenvalue weighted by atomic mass is 32.1. The number of hydrogen-bond donors (Lipinski definition) is 1. The molecule has 0 aromatic carbocycles. The van der Waals surface area contributed by atoms with Crippen LogP contribution in [-0.2, 0) is 0 Å². The number of nitrogens with one attached hydrogen (secondary N) is 1. The Labute approximate surface area is 83.5 Å². The van der Waals surface area contributed by atoms with Gasteiger partial charge in [-0.25, -0.2) is 0 Å². The molecule has 0 bridgehead atoms. The van der Waals surface area contributed by atoms with Gasteiger partial charge in [0.25, 0.3) is 5.91 Å². The predicted octanol–water partition coefficient (Wildman–Crippen LogP) is 2.58. The summed E-state index contributed by atoms with van der Waals surface area (Å²) in [5, 5.41) is 4.93. The third kappa shape index (κ3) is 1.91. The lowest BCUT2D eigenvalue weighted by Gasteiger charge is -2.26. The summed E-state index contributed by atoms with van der Waals surface area (Å²) in [6.07, 6.45) is 3.55. The second-order valence-electron chi connectivity index (χ2n) is 3.55. The fourth-order valence-corrected chi connectivity index (χ4v) is 2.07. The van der Waals surface area contributed by atoms with Crippen LogP contribution in [0.3, 0.4) is 0 Å². The summed E-state index contributed by atoms with van der Waals surface area (Å²) < 4.78 is 0. The van der Waals surface area contributed by atoms with Crippen LogP contribution >= 0.6 is 11.3 Å². The third-order valence-corrected chi connectivity index (χ3v) is 3.29. The van der Waals surface area contributed by atoms with E-state index in [1.807, 2.05) is 18.4 Å². The van der Waals surface area contributed by atoms with Crippen LogP contribution in [0, 0.1) is 6.92 Å². The molecule has 0 atom stereocenters. The van der Waals surface area contributed by atoms with E-state index in [9.17, 15) is 4.79 Å². The quantitative estimate of drug-likeness (QED) is 0.775. The highest BCUT2D eigenvalue weighted by Gasteiger charge is 2.20. The topological polar surface area (TPSA) is 29.1 Å². The molecule has 1 aromatic rings. The Kier molecular flexibility index (Phi) is 2.36. The molecule has 1 amide bonds. The Morgan fingerprint density at radius 1 is 1.69 bits per heavy atom. The number of carbonyl (C=O) groups excluding carboxylic acids is 1. The normalized spacial score (nSPS) is 16.7. The van der Waals surface area contributed by atoms with Crippen molar-refractivity contribution in [2.45, 2.75) is 32.2 Å². The zero-order valence-corrected chi connectivity index (χ0v) is 8.49. The van der Waals surface area contributed by atoms with Gasteiger partial charge in [0.2, 0.25) is 0 Å². The molecule has 1 aliphatic carbocycles. The molecule has 1 aliphatic rings. The van der Waals surface area contributed by atoms with Crippen LogP contribution in [0.5, 0.6) is 0 Å². The fraction of sp³-hybridized carbons (Fsp3) is 0.500. The first-order valence-electron chi connectivity index (χ1n) is 4.62. The molecule has 1 aromatic heterocycles. The van der Waals surface area contributed by atoms with Crippen LogP contribution < -0.4 is 5.32 Å². The van der Waals surface area contributed by atoms with Gasteiger partial charge in [-0.3, -0.25) is 4.79 Å². The average Bonchev–Trinajstić information content (AvgIpc) is 2.44. The van der Waals surface area contributed by atoms with Crippen LogP contribution in [0.2, 0.25) is 0 Å². The molecule has 13 heavy (non-hydrogen) atoms. The van der Waals surface area contributed by atoms with E-state index in [2.05, 4.69) is 5.32 Å². The van der Waals surface area contributed by atoms with Crippen molar-refractivity contribution in [3.8, 4) is 0 Å². The molecular weight excluding hydrogens is 182 g/mol. The monoisotopic (exact) mass is 197 g/mol. The van der Waals surface area contributed by atoms with Crippen molar-refractivity contribution in [2.24, 2.45) is 0 Å². The summed E-state index contributed by atoms with van der Waals surface area (Å²) in [6.45, 7) is 2.02. The van der Waals surface area contributed by atoms with E-state index in [1.54, 1.807) is 11.3 Å². The molecule has 0 spiro atoms. The summed E-state index contributed by atoms with van der Waals surface area (Å²) in [5.41, 5.74) is 0.814. The smallest absolute Gasteiger partial charge is 0.252 e. The molecule has 2 nitrogen and oxygen atoms in total. The second kappa shape index (κ2) is 3.50. The van der Waals surface area contributed by atoms with Crippen molar-refractivity contribution in [3.05, 3.63) is 21.9 Å². The van der Waals surface area contributed by atoms with Gasteiger partial charge < -0.3 is 5.32 Å².